The molecule has 3 atom stereocenters. The van der Waals surface area contributed by atoms with E-state index in [-0.39, 0.29) is 25.4 Å². The highest BCUT2D eigenvalue weighted by Crippen LogP contribution is 2.28. The number of carbonyl (C=O) groups excluding carboxylic acids is 4. The van der Waals surface area contributed by atoms with E-state index in [2.05, 4.69) is 10.6 Å². The van der Waals surface area contributed by atoms with Crippen molar-refractivity contribution in [1.82, 2.24) is 15.5 Å². The summed E-state index contributed by atoms with van der Waals surface area (Å²) >= 11 is 0. The largest absolute Gasteiger partial charge is 0.497 e. The smallest absolute Gasteiger partial charge is 0.309 e. The molecule has 2 aromatic rings. The molecule has 2 aromatic carbocycles. The van der Waals surface area contributed by atoms with Crippen molar-refractivity contribution in [3.63, 3.8) is 0 Å². The molecule has 10 heteroatoms. The zero-order valence-electron chi connectivity index (χ0n) is 20.9. The van der Waals surface area contributed by atoms with E-state index in [1.54, 1.807) is 31.2 Å². The van der Waals surface area contributed by atoms with Gasteiger partial charge in [0.2, 0.25) is 11.8 Å². The molecule has 0 aliphatic carbocycles. The molecule has 0 bridgehead atoms. The van der Waals surface area contributed by atoms with Crippen LogP contribution in [0.1, 0.15) is 48.5 Å². The van der Waals surface area contributed by atoms with Crippen LogP contribution in [0.15, 0.2) is 54.6 Å². The Labute approximate surface area is 215 Å². The molecule has 2 saturated heterocycles. The standard InChI is InChI=1S/C27H31N3O7/c1-18(28-24(32)20-10-12-21(35-2)13-11-20)26(34)30-16-6-9-22(30)25(33)29-27(15-14-23(31)37-27)36-17-19-7-4-3-5-8-19/h3-5,7-8,10-13,18,22H,6,9,14-17H2,1-2H3,(H,28,32)(H,29,33). The number of methoxy groups -OCH3 is 1. The molecule has 2 aliphatic rings. The van der Waals surface area contributed by atoms with Crippen molar-refractivity contribution in [3.05, 3.63) is 65.7 Å². The minimum Gasteiger partial charge on any atom is -0.497 e. The van der Waals surface area contributed by atoms with Crippen molar-refractivity contribution in [2.75, 3.05) is 13.7 Å². The van der Waals surface area contributed by atoms with Crippen LogP contribution in [0.3, 0.4) is 0 Å². The maximum atomic E-state index is 13.3. The Balaban J connectivity index is 1.39. The van der Waals surface area contributed by atoms with Crippen LogP contribution < -0.4 is 15.4 Å². The number of carbonyl (C=O) groups is 4. The summed E-state index contributed by atoms with van der Waals surface area (Å²) in [4.78, 5) is 52.5. The predicted molar refractivity (Wildman–Crippen MR) is 132 cm³/mol. The lowest BCUT2D eigenvalue weighted by Crippen LogP contribution is -2.58. The Hall–Kier alpha value is -3.92. The molecule has 10 nitrogen and oxygen atoms in total. The topological polar surface area (TPSA) is 123 Å². The van der Waals surface area contributed by atoms with Crippen LogP contribution in [0.4, 0.5) is 0 Å². The summed E-state index contributed by atoms with van der Waals surface area (Å²) in [5.74, 6) is -2.69. The lowest BCUT2D eigenvalue weighted by Gasteiger charge is -2.32. The van der Waals surface area contributed by atoms with Crippen LogP contribution >= 0.6 is 0 Å². The Bertz CT molecular complexity index is 1140. The molecule has 0 radical (unpaired) electrons. The molecule has 0 saturated carbocycles. The molecule has 3 amide bonds. The molecule has 37 heavy (non-hydrogen) atoms. The molecule has 2 N–H and O–H groups in total. The van der Waals surface area contributed by atoms with Crippen molar-refractivity contribution in [3.8, 4) is 5.75 Å². The molecule has 2 heterocycles. The number of likely N-dealkylation sites (tertiary alicyclic amines) is 1. The van der Waals surface area contributed by atoms with Crippen LogP contribution in [0.5, 0.6) is 5.75 Å². The fourth-order valence-electron chi connectivity index (χ4n) is 4.46. The van der Waals surface area contributed by atoms with Gasteiger partial charge < -0.3 is 24.4 Å². The summed E-state index contributed by atoms with van der Waals surface area (Å²) in [5, 5.41) is 5.44. The molecule has 4 rings (SSSR count). The lowest BCUT2D eigenvalue weighted by molar-refractivity contribution is -0.233. The van der Waals surface area contributed by atoms with Crippen molar-refractivity contribution in [2.24, 2.45) is 0 Å². The molecular formula is C27H31N3O7. The Kier molecular flexibility index (Phi) is 8.08. The van der Waals surface area contributed by atoms with E-state index in [1.807, 2.05) is 30.3 Å². The number of rotatable bonds is 9. The van der Waals surface area contributed by atoms with E-state index in [0.717, 1.165) is 5.56 Å². The molecular weight excluding hydrogens is 478 g/mol. The van der Waals surface area contributed by atoms with E-state index < -0.39 is 35.8 Å². The minimum atomic E-state index is -1.59. The maximum Gasteiger partial charge on any atom is 0.309 e. The van der Waals surface area contributed by atoms with Gasteiger partial charge in [-0.3, -0.25) is 24.5 Å². The van der Waals surface area contributed by atoms with E-state index in [1.165, 1.54) is 12.0 Å². The van der Waals surface area contributed by atoms with Crippen LogP contribution in [0, 0.1) is 0 Å². The fraction of sp³-hybridized carbons (Fsp3) is 0.407. The maximum absolute atomic E-state index is 13.3. The Morgan fingerprint density at radius 2 is 1.86 bits per heavy atom. The Morgan fingerprint density at radius 1 is 1.14 bits per heavy atom. The number of nitrogens with zero attached hydrogens (tertiary/aromatic N) is 1. The zero-order valence-corrected chi connectivity index (χ0v) is 20.9. The zero-order chi connectivity index (χ0) is 26.4. The van der Waals surface area contributed by atoms with Gasteiger partial charge in [-0.15, -0.1) is 0 Å². The fourth-order valence-corrected chi connectivity index (χ4v) is 4.46. The van der Waals surface area contributed by atoms with E-state index >= 15 is 0 Å². The number of hydrogen-bond acceptors (Lipinski definition) is 7. The van der Waals surface area contributed by atoms with Crippen molar-refractivity contribution < 1.29 is 33.4 Å². The molecule has 196 valence electrons. The third-order valence-electron chi connectivity index (χ3n) is 6.47. The van der Waals surface area contributed by atoms with Gasteiger partial charge in [0.25, 0.3) is 11.8 Å². The summed E-state index contributed by atoms with van der Waals surface area (Å²) in [5.41, 5.74) is 1.25. The summed E-state index contributed by atoms with van der Waals surface area (Å²) in [7, 11) is 1.53. The van der Waals surface area contributed by atoms with Gasteiger partial charge in [0.15, 0.2) is 0 Å². The van der Waals surface area contributed by atoms with Crippen molar-refractivity contribution in [2.45, 2.75) is 57.2 Å². The van der Waals surface area contributed by atoms with Gasteiger partial charge >= 0.3 is 5.97 Å². The molecule has 2 aliphatic heterocycles. The molecule has 0 spiro atoms. The summed E-state index contributed by atoms with van der Waals surface area (Å²) in [6.07, 6.45) is 1.34. The van der Waals surface area contributed by atoms with E-state index in [0.29, 0.717) is 30.7 Å². The second-order valence-electron chi connectivity index (χ2n) is 9.10. The van der Waals surface area contributed by atoms with Gasteiger partial charge in [-0.05, 0) is 49.6 Å². The highest BCUT2D eigenvalue weighted by Gasteiger charge is 2.46. The monoisotopic (exact) mass is 509 g/mol. The quantitative estimate of drug-likeness (QED) is 0.392. The first-order valence-corrected chi connectivity index (χ1v) is 12.3. The van der Waals surface area contributed by atoms with E-state index in [4.69, 9.17) is 14.2 Å². The van der Waals surface area contributed by atoms with Crippen molar-refractivity contribution >= 4 is 23.7 Å². The highest BCUT2D eigenvalue weighted by atomic mass is 16.7. The number of amides is 3. The highest BCUT2D eigenvalue weighted by molar-refractivity contribution is 5.98. The second kappa shape index (κ2) is 11.4. The third kappa shape index (κ3) is 6.26. The van der Waals surface area contributed by atoms with Gasteiger partial charge in [-0.1, -0.05) is 30.3 Å². The summed E-state index contributed by atoms with van der Waals surface area (Å²) in [6.45, 7) is 2.09. The molecule has 0 aromatic heterocycles. The first-order valence-electron chi connectivity index (χ1n) is 12.3. The van der Waals surface area contributed by atoms with Gasteiger partial charge in [-0.2, -0.15) is 0 Å². The van der Waals surface area contributed by atoms with Crippen LogP contribution in [-0.4, -0.2) is 60.2 Å². The average molecular weight is 510 g/mol. The number of cyclic esters (lactones) is 1. The summed E-state index contributed by atoms with van der Waals surface area (Å²) in [6, 6.07) is 14.2. The predicted octanol–water partition coefficient (Wildman–Crippen LogP) is 2.13. The van der Waals surface area contributed by atoms with Gasteiger partial charge in [0, 0.05) is 18.5 Å². The average Bonchev–Trinajstić information content (AvgIpc) is 3.55. The first-order chi connectivity index (χ1) is 17.8. The van der Waals surface area contributed by atoms with Gasteiger partial charge in [-0.25, -0.2) is 0 Å². The molecule has 3 unspecified atom stereocenters. The minimum absolute atomic E-state index is 0.108. The SMILES string of the molecule is COc1ccc(C(=O)NC(C)C(=O)N2CCCC2C(=O)NC2(OCc3ccccc3)CCC(=O)O2)cc1. The second-order valence-corrected chi connectivity index (χ2v) is 9.10. The number of esters is 1. The number of nitrogens with one attached hydrogen (secondary N) is 2. The third-order valence-corrected chi connectivity index (χ3v) is 6.47. The normalized spacial score (nSPS) is 21.7. The van der Waals surface area contributed by atoms with Crippen molar-refractivity contribution in [1.29, 1.82) is 0 Å². The Morgan fingerprint density at radius 3 is 2.51 bits per heavy atom. The van der Waals surface area contributed by atoms with Crippen LogP contribution in [0.2, 0.25) is 0 Å². The van der Waals surface area contributed by atoms with Crippen LogP contribution in [0.25, 0.3) is 0 Å². The lowest BCUT2D eigenvalue weighted by atomic mass is 10.1. The number of ether oxygens (including phenoxy) is 3. The van der Waals surface area contributed by atoms with E-state index in [9.17, 15) is 19.2 Å². The van der Waals surface area contributed by atoms with Crippen LogP contribution in [-0.2, 0) is 30.5 Å². The first kappa shape index (κ1) is 26.2. The van der Waals surface area contributed by atoms with Gasteiger partial charge in [0.05, 0.1) is 20.1 Å². The summed E-state index contributed by atoms with van der Waals surface area (Å²) < 4.78 is 16.4. The molecule has 2 fully saturated rings. The number of hydrogen-bond donors (Lipinski definition) is 2. The van der Waals surface area contributed by atoms with Gasteiger partial charge in [0.1, 0.15) is 17.8 Å². The number of benzene rings is 2.